The zero-order chi connectivity index (χ0) is 20.0. The molecule has 2 aromatic rings. The Bertz CT molecular complexity index is 936. The molecule has 1 atom stereocenters. The Morgan fingerprint density at radius 2 is 1.93 bits per heavy atom. The minimum atomic E-state index is -0.408. The molecular weight excluding hydrogens is 430 g/mol. The number of nitrogens with zero attached hydrogens (tertiary/aromatic N) is 3. The van der Waals surface area contributed by atoms with Gasteiger partial charge in [0.15, 0.2) is 11.5 Å². The molecule has 0 N–H and O–H groups in total. The Balaban J connectivity index is 1.57. The molecule has 3 aliphatic rings. The molecule has 3 heterocycles. The van der Waals surface area contributed by atoms with Crippen LogP contribution in [0.2, 0.25) is 0 Å². The summed E-state index contributed by atoms with van der Waals surface area (Å²) in [6, 6.07) is 14.8. The zero-order valence-electron chi connectivity index (χ0n) is 16.9. The molecule has 152 valence electrons. The van der Waals surface area contributed by atoms with Crippen LogP contribution < -0.4 is 9.47 Å². The highest BCUT2D eigenvalue weighted by atomic mass is 79.9. The maximum Gasteiger partial charge on any atom is 0.200 e. The molecule has 5 nitrogen and oxygen atoms in total. The van der Waals surface area contributed by atoms with Crippen molar-refractivity contribution in [3.8, 4) is 11.5 Å². The van der Waals surface area contributed by atoms with Gasteiger partial charge in [0.25, 0.3) is 0 Å². The topological polar surface area (TPSA) is 37.3 Å². The van der Waals surface area contributed by atoms with Crippen LogP contribution in [0.3, 0.4) is 0 Å². The number of para-hydroxylation sites is 1. The third kappa shape index (κ3) is 3.13. The molecule has 0 unspecified atom stereocenters. The van der Waals surface area contributed by atoms with Crippen LogP contribution in [0.4, 0.5) is 0 Å². The average Bonchev–Trinajstić information content (AvgIpc) is 3.21. The molecule has 0 bridgehead atoms. The first-order valence-electron chi connectivity index (χ1n) is 10.3. The van der Waals surface area contributed by atoms with Gasteiger partial charge in [-0.1, -0.05) is 47.1 Å². The average molecular weight is 456 g/mol. The van der Waals surface area contributed by atoms with Crippen LogP contribution in [-0.4, -0.2) is 48.1 Å². The van der Waals surface area contributed by atoms with Gasteiger partial charge in [-0.05, 0) is 30.3 Å². The Kier molecular flexibility index (Phi) is 4.79. The molecule has 0 amide bonds. The van der Waals surface area contributed by atoms with Crippen LogP contribution in [-0.2, 0) is 0 Å². The van der Waals surface area contributed by atoms with Crippen LogP contribution in [0, 0.1) is 0 Å². The fourth-order valence-electron chi connectivity index (χ4n) is 4.80. The van der Waals surface area contributed by atoms with Gasteiger partial charge in [0.05, 0.1) is 18.9 Å². The van der Waals surface area contributed by atoms with Crippen LogP contribution in [0.15, 0.2) is 52.0 Å². The Hall–Kier alpha value is -2.05. The molecule has 29 heavy (non-hydrogen) atoms. The second-order valence-corrected chi connectivity index (χ2v) is 8.89. The van der Waals surface area contributed by atoms with Crippen molar-refractivity contribution in [2.24, 2.45) is 5.10 Å². The molecular formula is C23H26BrN3O2. The fraction of sp³-hybridized carbons (Fsp3) is 0.435. The van der Waals surface area contributed by atoms with Crippen molar-refractivity contribution < 1.29 is 9.47 Å². The van der Waals surface area contributed by atoms with Gasteiger partial charge in [-0.25, -0.2) is 5.01 Å². The summed E-state index contributed by atoms with van der Waals surface area (Å²) in [7, 11) is 1.72. The number of hydrazone groups is 1. The summed E-state index contributed by atoms with van der Waals surface area (Å²) >= 11 is 3.53. The smallest absolute Gasteiger partial charge is 0.200 e. The summed E-state index contributed by atoms with van der Waals surface area (Å²) in [5.41, 5.74) is 3.06. The van der Waals surface area contributed by atoms with Crippen molar-refractivity contribution in [1.29, 1.82) is 0 Å². The number of fused-ring (bicyclic) bond motifs is 4. The number of hydrogen-bond donors (Lipinski definition) is 0. The summed E-state index contributed by atoms with van der Waals surface area (Å²) < 4.78 is 13.5. The normalized spacial score (nSPS) is 22.7. The summed E-state index contributed by atoms with van der Waals surface area (Å²) in [6.07, 6.45) is 2.75. The molecule has 2 aromatic carbocycles. The highest BCUT2D eigenvalue weighted by molar-refractivity contribution is 9.10. The van der Waals surface area contributed by atoms with Gasteiger partial charge in [-0.3, -0.25) is 0 Å². The summed E-state index contributed by atoms with van der Waals surface area (Å²) in [6.45, 7) is 5.34. The highest BCUT2D eigenvalue weighted by Gasteiger charge is 2.52. The van der Waals surface area contributed by atoms with Crippen molar-refractivity contribution in [3.05, 3.63) is 58.1 Å². The van der Waals surface area contributed by atoms with E-state index in [1.165, 1.54) is 11.1 Å². The predicted molar refractivity (Wildman–Crippen MR) is 118 cm³/mol. The van der Waals surface area contributed by atoms with Crippen molar-refractivity contribution in [1.82, 2.24) is 9.91 Å². The lowest BCUT2D eigenvalue weighted by Crippen LogP contribution is -2.59. The molecule has 3 aliphatic heterocycles. The maximum atomic E-state index is 6.75. The van der Waals surface area contributed by atoms with Gasteiger partial charge in [0.1, 0.15) is 0 Å². The van der Waals surface area contributed by atoms with E-state index >= 15 is 0 Å². The van der Waals surface area contributed by atoms with Crippen molar-refractivity contribution >= 4 is 21.6 Å². The number of halogens is 1. The van der Waals surface area contributed by atoms with Gasteiger partial charge < -0.3 is 14.4 Å². The van der Waals surface area contributed by atoms with Gasteiger partial charge in [-0.15, -0.1) is 0 Å². The molecule has 1 saturated heterocycles. The molecule has 1 spiro atoms. The lowest BCUT2D eigenvalue weighted by atomic mass is 9.90. The van der Waals surface area contributed by atoms with Gasteiger partial charge in [0.2, 0.25) is 5.72 Å². The summed E-state index contributed by atoms with van der Waals surface area (Å²) in [5.74, 6) is 1.71. The third-order valence-corrected chi connectivity index (χ3v) is 7.00. The zero-order valence-corrected chi connectivity index (χ0v) is 18.5. The van der Waals surface area contributed by atoms with E-state index in [0.29, 0.717) is 0 Å². The lowest BCUT2D eigenvalue weighted by molar-refractivity contribution is -0.150. The molecule has 0 aromatic heterocycles. The Morgan fingerprint density at radius 1 is 1.17 bits per heavy atom. The highest BCUT2D eigenvalue weighted by Crippen LogP contribution is 2.52. The van der Waals surface area contributed by atoms with Crippen LogP contribution in [0.5, 0.6) is 11.5 Å². The third-order valence-electron chi connectivity index (χ3n) is 6.47. The number of hydrogen-bond acceptors (Lipinski definition) is 5. The van der Waals surface area contributed by atoms with Crippen molar-refractivity contribution in [3.63, 3.8) is 0 Å². The second kappa shape index (κ2) is 7.33. The number of benzene rings is 2. The van der Waals surface area contributed by atoms with Gasteiger partial charge in [-0.2, -0.15) is 5.10 Å². The first kappa shape index (κ1) is 18.9. The summed E-state index contributed by atoms with van der Waals surface area (Å²) in [5, 5.41) is 7.41. The molecule has 6 heteroatoms. The van der Waals surface area contributed by atoms with E-state index < -0.39 is 5.72 Å². The predicted octanol–water partition coefficient (Wildman–Crippen LogP) is 4.81. The van der Waals surface area contributed by atoms with Crippen LogP contribution in [0.25, 0.3) is 0 Å². The monoisotopic (exact) mass is 455 g/mol. The minimum absolute atomic E-state index is 0.181. The van der Waals surface area contributed by atoms with Gasteiger partial charge >= 0.3 is 0 Å². The quantitative estimate of drug-likeness (QED) is 0.664. The Morgan fingerprint density at radius 3 is 2.62 bits per heavy atom. The van der Waals surface area contributed by atoms with E-state index in [0.717, 1.165) is 60.6 Å². The van der Waals surface area contributed by atoms with Crippen LogP contribution >= 0.6 is 15.9 Å². The van der Waals surface area contributed by atoms with E-state index in [-0.39, 0.29) is 6.04 Å². The van der Waals surface area contributed by atoms with E-state index in [1.807, 2.05) is 6.07 Å². The van der Waals surface area contributed by atoms with E-state index in [1.54, 1.807) is 7.11 Å². The molecule has 0 saturated carbocycles. The molecule has 0 radical (unpaired) electrons. The second-order valence-electron chi connectivity index (χ2n) is 7.98. The van der Waals surface area contributed by atoms with E-state index in [9.17, 15) is 0 Å². The van der Waals surface area contributed by atoms with Crippen molar-refractivity contribution in [2.45, 2.75) is 38.0 Å². The van der Waals surface area contributed by atoms with Crippen LogP contribution in [0.1, 0.15) is 43.4 Å². The summed E-state index contributed by atoms with van der Waals surface area (Å²) in [4.78, 5) is 2.48. The largest absolute Gasteiger partial charge is 0.493 e. The molecule has 1 fully saturated rings. The standard InChI is InChI=1S/C23H26BrN3O2/c1-3-26-13-11-23(12-14-26)27-20(18-5-4-6-21(28-2)22(18)29-23)15-19(25-27)16-7-9-17(24)10-8-16/h4-10,20H,3,11-15H2,1-2H3/t20-/m1/s1. The number of methoxy groups -OCH3 is 1. The number of ether oxygens (including phenoxy) is 2. The number of piperidine rings is 1. The Labute approximate surface area is 180 Å². The maximum absolute atomic E-state index is 6.75. The SMILES string of the molecule is CCN1CCC2(CC1)Oc1c(OC)cccc1[C@H]1CC(c3ccc(Br)cc3)=NN12. The van der Waals surface area contributed by atoms with Gasteiger partial charge in [0, 0.05) is 42.4 Å². The number of likely N-dealkylation sites (tertiary alicyclic amines) is 1. The first-order chi connectivity index (χ1) is 14.1. The molecule has 5 rings (SSSR count). The first-order valence-corrected chi connectivity index (χ1v) is 11.1. The van der Waals surface area contributed by atoms with E-state index in [2.05, 4.69) is 69.2 Å². The fourth-order valence-corrected chi connectivity index (χ4v) is 5.06. The lowest BCUT2D eigenvalue weighted by Gasteiger charge is -2.51. The minimum Gasteiger partial charge on any atom is -0.493 e. The number of rotatable bonds is 3. The van der Waals surface area contributed by atoms with Crippen molar-refractivity contribution in [2.75, 3.05) is 26.7 Å². The van der Waals surface area contributed by atoms with E-state index in [4.69, 9.17) is 14.6 Å². The molecule has 0 aliphatic carbocycles.